The smallest absolute Gasteiger partial charge is 0.252 e. The zero-order valence-electron chi connectivity index (χ0n) is 12.6. The van der Waals surface area contributed by atoms with Crippen LogP contribution in [-0.2, 0) is 0 Å². The van der Waals surface area contributed by atoms with Crippen molar-refractivity contribution in [1.82, 2.24) is 5.32 Å². The first-order valence-electron chi connectivity index (χ1n) is 7.49. The summed E-state index contributed by atoms with van der Waals surface area (Å²) in [5.41, 5.74) is 0.940. The van der Waals surface area contributed by atoms with Gasteiger partial charge in [0.2, 0.25) is 0 Å². The molecule has 2 rings (SSSR count). The maximum absolute atomic E-state index is 12.4. The lowest BCUT2D eigenvalue weighted by molar-refractivity contribution is 0.0891. The van der Waals surface area contributed by atoms with Gasteiger partial charge >= 0.3 is 0 Å². The van der Waals surface area contributed by atoms with E-state index in [1.807, 2.05) is 19.1 Å². The molecule has 0 aliphatic heterocycles. The van der Waals surface area contributed by atoms with E-state index in [0.717, 1.165) is 42.1 Å². The second kappa shape index (κ2) is 6.62. The molecule has 1 aromatic rings. The number of nitrogens with one attached hydrogen (secondary N) is 1. The van der Waals surface area contributed by atoms with Crippen LogP contribution in [-0.4, -0.2) is 11.4 Å². The monoisotopic (exact) mass is 348 g/mol. The minimum atomic E-state index is -0.691. The van der Waals surface area contributed by atoms with Crippen LogP contribution in [0.1, 0.15) is 54.9 Å². The van der Waals surface area contributed by atoms with E-state index >= 15 is 0 Å². The Morgan fingerprint density at radius 3 is 2.67 bits per heavy atom. The third kappa shape index (κ3) is 3.65. The number of carbonyl (C=O) groups is 1. The van der Waals surface area contributed by atoms with Crippen LogP contribution >= 0.6 is 15.9 Å². The van der Waals surface area contributed by atoms with Crippen LogP contribution in [0.25, 0.3) is 0 Å². The molecule has 1 saturated carbocycles. The van der Waals surface area contributed by atoms with Crippen LogP contribution in [0.5, 0.6) is 0 Å². The number of nitriles is 1. The van der Waals surface area contributed by atoms with Gasteiger partial charge in [-0.2, -0.15) is 5.26 Å². The van der Waals surface area contributed by atoms with Crippen LogP contribution in [0.2, 0.25) is 0 Å². The Kier molecular flexibility index (Phi) is 5.05. The summed E-state index contributed by atoms with van der Waals surface area (Å²) in [5, 5.41) is 12.5. The molecule has 0 aromatic heterocycles. The molecule has 3 nitrogen and oxygen atoms in total. The summed E-state index contributed by atoms with van der Waals surface area (Å²) in [7, 11) is 0. The number of rotatable bonds is 3. The molecule has 0 radical (unpaired) electrons. The van der Waals surface area contributed by atoms with Crippen LogP contribution in [0.15, 0.2) is 22.7 Å². The molecule has 1 aliphatic carbocycles. The van der Waals surface area contributed by atoms with Gasteiger partial charge < -0.3 is 5.32 Å². The summed E-state index contributed by atoms with van der Waals surface area (Å²) in [6, 6.07) is 7.86. The van der Waals surface area contributed by atoms with Crippen LogP contribution in [0.3, 0.4) is 0 Å². The van der Waals surface area contributed by atoms with Gasteiger partial charge in [0.25, 0.3) is 5.91 Å². The molecule has 1 aliphatic rings. The molecule has 21 heavy (non-hydrogen) atoms. The third-order valence-corrected chi connectivity index (χ3v) is 5.41. The summed E-state index contributed by atoms with van der Waals surface area (Å²) >= 11 is 3.43. The zero-order chi connectivity index (χ0) is 15.5. The first-order valence-corrected chi connectivity index (χ1v) is 8.29. The van der Waals surface area contributed by atoms with Gasteiger partial charge in [-0.3, -0.25) is 4.79 Å². The van der Waals surface area contributed by atoms with E-state index in [1.165, 1.54) is 0 Å². The normalized spacial score (nSPS) is 25.1. The summed E-state index contributed by atoms with van der Waals surface area (Å²) in [6.07, 6.45) is 4.70. The van der Waals surface area contributed by atoms with Gasteiger partial charge in [-0.25, -0.2) is 0 Å². The Balaban J connectivity index is 2.10. The van der Waals surface area contributed by atoms with Crippen molar-refractivity contribution in [2.75, 3.05) is 0 Å². The maximum Gasteiger partial charge on any atom is 0.252 e. The molecule has 0 unspecified atom stereocenters. The minimum absolute atomic E-state index is 0.151. The Morgan fingerprint density at radius 2 is 2.14 bits per heavy atom. The second-order valence-corrected chi connectivity index (χ2v) is 6.82. The first kappa shape index (κ1) is 16.0. The second-order valence-electron chi connectivity index (χ2n) is 5.96. The fourth-order valence-corrected chi connectivity index (χ4v) is 3.17. The van der Waals surface area contributed by atoms with E-state index in [0.29, 0.717) is 11.5 Å². The van der Waals surface area contributed by atoms with Gasteiger partial charge in [-0.1, -0.05) is 29.3 Å². The van der Waals surface area contributed by atoms with E-state index < -0.39 is 5.54 Å². The van der Waals surface area contributed by atoms with Gasteiger partial charge in [0, 0.05) is 10.0 Å². The molecule has 0 spiro atoms. The molecule has 0 bridgehead atoms. The lowest BCUT2D eigenvalue weighted by Gasteiger charge is -2.35. The first-order chi connectivity index (χ1) is 9.99. The molecule has 1 amide bonds. The van der Waals surface area contributed by atoms with E-state index in [-0.39, 0.29) is 5.91 Å². The fraction of sp³-hybridized carbons (Fsp3) is 0.529. The van der Waals surface area contributed by atoms with Gasteiger partial charge in [-0.15, -0.1) is 0 Å². The molecule has 112 valence electrons. The molecular weight excluding hydrogens is 328 g/mol. The molecule has 0 atom stereocenters. The zero-order valence-corrected chi connectivity index (χ0v) is 14.2. The molecular formula is C17H21BrN2O. The molecule has 1 fully saturated rings. The number of nitrogens with zero attached hydrogens (tertiary/aromatic N) is 1. The predicted octanol–water partition coefficient (Wildman–Crippen LogP) is 4.35. The number of benzene rings is 1. The number of halogens is 1. The number of aryl methyl sites for hydroxylation is 1. The summed E-state index contributed by atoms with van der Waals surface area (Å²) in [5.74, 6) is 0.542. The van der Waals surface area contributed by atoms with Gasteiger partial charge in [0.15, 0.2) is 0 Å². The highest BCUT2D eigenvalue weighted by molar-refractivity contribution is 9.10. The van der Waals surface area contributed by atoms with Crippen LogP contribution < -0.4 is 5.32 Å². The minimum Gasteiger partial charge on any atom is -0.334 e. The lowest BCUT2D eigenvalue weighted by atomic mass is 9.76. The van der Waals surface area contributed by atoms with Crippen LogP contribution in [0, 0.1) is 24.2 Å². The Hall–Kier alpha value is -1.34. The van der Waals surface area contributed by atoms with E-state index in [1.54, 1.807) is 6.07 Å². The standard InChI is InChI=1S/C17H21BrN2O/c1-3-13-6-8-17(11-19,9-7-13)20-16(21)14-4-5-15(18)12(2)10-14/h4-5,10,13H,3,6-9H2,1-2H3,(H,20,21). The highest BCUT2D eigenvalue weighted by Gasteiger charge is 2.36. The van der Waals surface area contributed by atoms with Crippen molar-refractivity contribution in [2.45, 2.75) is 51.5 Å². The highest BCUT2D eigenvalue weighted by atomic mass is 79.9. The lowest BCUT2D eigenvalue weighted by Crippen LogP contribution is -2.49. The molecule has 4 heteroatoms. The molecule has 0 saturated heterocycles. The van der Waals surface area contributed by atoms with E-state index in [9.17, 15) is 10.1 Å². The van der Waals surface area contributed by atoms with Crippen molar-refractivity contribution in [3.63, 3.8) is 0 Å². The Labute approximate surface area is 134 Å². The largest absolute Gasteiger partial charge is 0.334 e. The Morgan fingerprint density at radius 1 is 1.48 bits per heavy atom. The molecule has 1 N–H and O–H groups in total. The van der Waals surface area contributed by atoms with Crippen molar-refractivity contribution in [1.29, 1.82) is 5.26 Å². The van der Waals surface area contributed by atoms with Gasteiger partial charge in [0.1, 0.15) is 5.54 Å². The summed E-state index contributed by atoms with van der Waals surface area (Å²) in [4.78, 5) is 12.4. The van der Waals surface area contributed by atoms with E-state index in [2.05, 4.69) is 34.2 Å². The predicted molar refractivity (Wildman–Crippen MR) is 86.9 cm³/mol. The molecule has 0 heterocycles. The maximum atomic E-state index is 12.4. The van der Waals surface area contributed by atoms with E-state index in [4.69, 9.17) is 0 Å². The topological polar surface area (TPSA) is 52.9 Å². The van der Waals surface area contributed by atoms with Crippen molar-refractivity contribution in [2.24, 2.45) is 5.92 Å². The van der Waals surface area contributed by atoms with Crippen LogP contribution in [0.4, 0.5) is 0 Å². The fourth-order valence-electron chi connectivity index (χ4n) is 2.92. The van der Waals surface area contributed by atoms with Gasteiger partial charge in [0.05, 0.1) is 6.07 Å². The van der Waals surface area contributed by atoms with Crippen molar-refractivity contribution < 1.29 is 4.79 Å². The van der Waals surface area contributed by atoms with Crippen molar-refractivity contribution in [3.05, 3.63) is 33.8 Å². The Bertz CT molecular complexity index is 569. The third-order valence-electron chi connectivity index (χ3n) is 4.52. The number of hydrogen-bond acceptors (Lipinski definition) is 2. The number of hydrogen-bond donors (Lipinski definition) is 1. The van der Waals surface area contributed by atoms with Gasteiger partial charge in [-0.05, 0) is 62.3 Å². The summed E-state index contributed by atoms with van der Waals surface area (Å²) < 4.78 is 0.984. The number of amides is 1. The average Bonchev–Trinajstić information content (AvgIpc) is 2.50. The summed E-state index contributed by atoms with van der Waals surface area (Å²) in [6.45, 7) is 4.14. The van der Waals surface area contributed by atoms with Crippen molar-refractivity contribution >= 4 is 21.8 Å². The number of carbonyl (C=O) groups excluding carboxylic acids is 1. The molecule has 1 aromatic carbocycles. The highest BCUT2D eigenvalue weighted by Crippen LogP contribution is 2.33. The quantitative estimate of drug-likeness (QED) is 0.882. The average molecular weight is 349 g/mol. The SMILES string of the molecule is CCC1CCC(C#N)(NC(=O)c2ccc(Br)c(C)c2)CC1. The van der Waals surface area contributed by atoms with Crippen molar-refractivity contribution in [3.8, 4) is 6.07 Å².